The number of carbonyl (C=O) groups is 1. The Hall–Kier alpha value is -2.61. The first-order valence-corrected chi connectivity index (χ1v) is 11.7. The summed E-state index contributed by atoms with van der Waals surface area (Å²) in [5.74, 6) is -0.0104. The maximum Gasteiger partial charge on any atom is 0.250 e. The van der Waals surface area contributed by atoms with Gasteiger partial charge in [0.1, 0.15) is 0 Å². The number of imidazole rings is 1. The Kier molecular flexibility index (Phi) is 7.06. The average molecular weight is 514 g/mol. The Morgan fingerprint density at radius 1 is 1.10 bits per heavy atom. The third-order valence-electron chi connectivity index (χ3n) is 4.54. The van der Waals surface area contributed by atoms with Crippen LogP contribution in [0.4, 0.5) is 0 Å². The number of hydrazone groups is 1. The number of nitrogens with one attached hydrogen (secondary N) is 1. The van der Waals surface area contributed by atoms with Crippen LogP contribution in [0, 0.1) is 0 Å². The van der Waals surface area contributed by atoms with Gasteiger partial charge >= 0.3 is 0 Å². The zero-order valence-corrected chi connectivity index (χ0v) is 19.5. The number of nitrogens with zero attached hydrogens (tertiary/aromatic N) is 3. The highest BCUT2D eigenvalue weighted by Crippen LogP contribution is 2.27. The van der Waals surface area contributed by atoms with Crippen LogP contribution in [0.1, 0.15) is 11.1 Å². The van der Waals surface area contributed by atoms with Gasteiger partial charge in [0, 0.05) is 15.1 Å². The number of fused-ring (bicyclic) bond motifs is 1. The van der Waals surface area contributed by atoms with Gasteiger partial charge in [-0.05, 0) is 29.8 Å². The van der Waals surface area contributed by atoms with Crippen LogP contribution in [0.5, 0.6) is 0 Å². The molecule has 0 radical (unpaired) electrons. The van der Waals surface area contributed by atoms with Crippen LogP contribution in [-0.2, 0) is 11.3 Å². The fraction of sp³-hybridized carbons (Fsp3) is 0.0870. The Labute approximate surface area is 197 Å². The number of halogens is 2. The molecule has 31 heavy (non-hydrogen) atoms. The summed E-state index contributed by atoms with van der Waals surface area (Å²) in [6.45, 7) is 0.574. The molecule has 0 fully saturated rings. The lowest BCUT2D eigenvalue weighted by atomic mass is 10.2. The van der Waals surface area contributed by atoms with Crippen LogP contribution < -0.4 is 5.43 Å². The number of rotatable bonds is 7. The maximum atomic E-state index is 12.3. The highest BCUT2D eigenvalue weighted by molar-refractivity contribution is 9.10. The van der Waals surface area contributed by atoms with E-state index in [1.54, 1.807) is 6.21 Å². The van der Waals surface area contributed by atoms with Crippen LogP contribution in [-0.4, -0.2) is 27.4 Å². The molecule has 0 bridgehead atoms. The Morgan fingerprint density at radius 2 is 1.84 bits per heavy atom. The average Bonchev–Trinajstić information content (AvgIpc) is 3.13. The molecule has 0 aliphatic rings. The quantitative estimate of drug-likeness (QED) is 0.195. The van der Waals surface area contributed by atoms with Gasteiger partial charge < -0.3 is 4.57 Å². The molecule has 0 aliphatic heterocycles. The molecule has 0 unspecified atom stereocenters. The zero-order chi connectivity index (χ0) is 21.6. The van der Waals surface area contributed by atoms with E-state index in [9.17, 15) is 4.79 Å². The van der Waals surface area contributed by atoms with Gasteiger partial charge in [0.2, 0.25) is 0 Å². The van der Waals surface area contributed by atoms with Crippen LogP contribution in [0.25, 0.3) is 11.0 Å². The Balaban J connectivity index is 1.47. The van der Waals surface area contributed by atoms with E-state index in [1.807, 2.05) is 72.8 Å². The molecule has 156 valence electrons. The summed E-state index contributed by atoms with van der Waals surface area (Å²) in [6, 6.07) is 23.3. The van der Waals surface area contributed by atoms with Crippen LogP contribution in [0.2, 0.25) is 5.02 Å². The normalized spacial score (nSPS) is 11.3. The zero-order valence-electron chi connectivity index (χ0n) is 16.3. The highest BCUT2D eigenvalue weighted by atomic mass is 79.9. The van der Waals surface area contributed by atoms with E-state index in [2.05, 4.69) is 31.0 Å². The van der Waals surface area contributed by atoms with E-state index in [-0.39, 0.29) is 11.7 Å². The van der Waals surface area contributed by atoms with Gasteiger partial charge in [-0.15, -0.1) is 0 Å². The number of benzene rings is 3. The van der Waals surface area contributed by atoms with Crippen molar-refractivity contribution in [3.63, 3.8) is 0 Å². The SMILES string of the molecule is O=C(CSc1nc2ccccc2n1Cc1ccccc1Cl)NN=Cc1ccccc1Br. The van der Waals surface area contributed by atoms with Gasteiger partial charge in [0.25, 0.3) is 5.91 Å². The fourth-order valence-corrected chi connectivity index (χ4v) is 4.42. The monoisotopic (exact) mass is 512 g/mol. The molecule has 0 spiro atoms. The molecule has 1 heterocycles. The molecular formula is C23H18BrClN4OS. The lowest BCUT2D eigenvalue weighted by Crippen LogP contribution is -2.20. The summed E-state index contributed by atoms with van der Waals surface area (Å²) < 4.78 is 2.99. The minimum absolute atomic E-state index is 0.194. The smallest absolute Gasteiger partial charge is 0.250 e. The molecule has 4 rings (SSSR count). The van der Waals surface area contributed by atoms with E-state index >= 15 is 0 Å². The Bertz CT molecular complexity index is 1260. The lowest BCUT2D eigenvalue weighted by molar-refractivity contribution is -0.118. The van der Waals surface area contributed by atoms with Gasteiger partial charge in [-0.2, -0.15) is 5.10 Å². The summed E-state index contributed by atoms with van der Waals surface area (Å²) in [6.07, 6.45) is 1.61. The van der Waals surface area contributed by atoms with Gasteiger partial charge in [0.15, 0.2) is 5.16 Å². The summed E-state index contributed by atoms with van der Waals surface area (Å²) >= 11 is 11.2. The van der Waals surface area contributed by atoms with Crippen molar-refractivity contribution in [2.24, 2.45) is 5.10 Å². The van der Waals surface area contributed by atoms with Crippen molar-refractivity contribution in [2.75, 3.05) is 5.75 Å². The number of thioether (sulfide) groups is 1. The van der Waals surface area contributed by atoms with Gasteiger partial charge in [-0.3, -0.25) is 4.79 Å². The van der Waals surface area contributed by atoms with Gasteiger partial charge in [0.05, 0.1) is 29.5 Å². The first kappa shape index (κ1) is 21.6. The number of aromatic nitrogens is 2. The lowest BCUT2D eigenvalue weighted by Gasteiger charge is -2.10. The van der Waals surface area contributed by atoms with Crippen molar-refractivity contribution in [1.82, 2.24) is 15.0 Å². The molecule has 0 saturated heterocycles. The maximum absolute atomic E-state index is 12.3. The second-order valence-corrected chi connectivity index (χ2v) is 8.87. The Morgan fingerprint density at radius 3 is 2.68 bits per heavy atom. The second-order valence-electron chi connectivity index (χ2n) is 6.66. The van der Waals surface area contributed by atoms with Crippen molar-refractivity contribution >= 4 is 62.4 Å². The molecule has 0 atom stereocenters. The van der Waals surface area contributed by atoms with E-state index < -0.39 is 0 Å². The highest BCUT2D eigenvalue weighted by Gasteiger charge is 2.14. The van der Waals surface area contributed by atoms with Crippen molar-refractivity contribution in [1.29, 1.82) is 0 Å². The number of carbonyl (C=O) groups excluding carboxylic acids is 1. The number of hydrogen-bond acceptors (Lipinski definition) is 4. The van der Waals surface area contributed by atoms with Crippen molar-refractivity contribution in [3.05, 3.63) is 93.4 Å². The van der Waals surface area contributed by atoms with Gasteiger partial charge in [-0.1, -0.05) is 87.8 Å². The van der Waals surface area contributed by atoms with E-state index in [0.717, 1.165) is 31.8 Å². The minimum atomic E-state index is -0.204. The largest absolute Gasteiger partial charge is 0.314 e. The molecule has 1 amide bonds. The predicted octanol–water partition coefficient (Wildman–Crippen LogP) is 5.74. The number of para-hydroxylation sites is 2. The predicted molar refractivity (Wildman–Crippen MR) is 131 cm³/mol. The van der Waals surface area contributed by atoms with Crippen molar-refractivity contribution in [2.45, 2.75) is 11.7 Å². The standard InChI is InChI=1S/C23H18BrClN4OS/c24-18-9-3-1-7-16(18)13-26-28-22(30)15-31-23-27-20-11-5-6-12-21(20)29(23)14-17-8-2-4-10-19(17)25/h1-13H,14-15H2,(H,28,30). The number of hydrogen-bond donors (Lipinski definition) is 1. The molecule has 4 aromatic rings. The van der Waals surface area contributed by atoms with E-state index in [0.29, 0.717) is 11.6 Å². The van der Waals surface area contributed by atoms with E-state index in [4.69, 9.17) is 16.6 Å². The molecule has 5 nitrogen and oxygen atoms in total. The molecule has 1 N–H and O–H groups in total. The number of amides is 1. The fourth-order valence-electron chi connectivity index (χ4n) is 3.03. The third kappa shape index (κ3) is 5.36. The van der Waals surface area contributed by atoms with Gasteiger partial charge in [-0.25, -0.2) is 10.4 Å². The summed E-state index contributed by atoms with van der Waals surface area (Å²) in [4.78, 5) is 17.0. The topological polar surface area (TPSA) is 59.3 Å². The summed E-state index contributed by atoms with van der Waals surface area (Å²) in [7, 11) is 0. The van der Waals surface area contributed by atoms with Crippen molar-refractivity contribution < 1.29 is 4.79 Å². The van der Waals surface area contributed by atoms with E-state index in [1.165, 1.54) is 11.8 Å². The molecule has 8 heteroatoms. The second kappa shape index (κ2) is 10.1. The van der Waals surface area contributed by atoms with Crippen LogP contribution >= 0.6 is 39.3 Å². The first-order chi connectivity index (χ1) is 15.1. The first-order valence-electron chi connectivity index (χ1n) is 9.50. The molecular weight excluding hydrogens is 496 g/mol. The molecule has 1 aromatic heterocycles. The van der Waals surface area contributed by atoms with Crippen LogP contribution in [0.15, 0.2) is 87.5 Å². The van der Waals surface area contributed by atoms with Crippen molar-refractivity contribution in [3.8, 4) is 0 Å². The molecule has 0 saturated carbocycles. The molecule has 3 aromatic carbocycles. The van der Waals surface area contributed by atoms with Crippen LogP contribution in [0.3, 0.4) is 0 Å². The molecule has 0 aliphatic carbocycles. The summed E-state index contributed by atoms with van der Waals surface area (Å²) in [5, 5.41) is 5.51. The third-order valence-corrected chi connectivity index (χ3v) is 6.60. The minimum Gasteiger partial charge on any atom is -0.314 e. The summed E-state index contributed by atoms with van der Waals surface area (Å²) in [5.41, 5.74) is 6.33.